The van der Waals surface area contributed by atoms with Crippen LogP contribution in [0.3, 0.4) is 0 Å². The Morgan fingerprint density at radius 1 is 1.24 bits per heavy atom. The van der Waals surface area contributed by atoms with Crippen molar-refractivity contribution in [1.29, 1.82) is 0 Å². The standard InChI is InChI=1S/C19H27N5O/c1-22-12-4-8-16(22)17-9-5-13-23(17)14-19(25)21-18-10-11-20-24(18)15-6-2-3-7-15/h4,8,10-12,15,17H,2-3,5-7,9,13-14H2,1H3,(H,21,25). The molecule has 6 nitrogen and oxygen atoms in total. The second-order valence-corrected chi connectivity index (χ2v) is 7.32. The molecule has 2 aliphatic rings. The molecule has 1 aliphatic carbocycles. The number of nitrogens with one attached hydrogen (secondary N) is 1. The van der Waals surface area contributed by atoms with Gasteiger partial charge in [0, 0.05) is 25.0 Å². The van der Waals surface area contributed by atoms with Crippen LogP contribution in [0.15, 0.2) is 30.6 Å². The van der Waals surface area contributed by atoms with Crippen LogP contribution in [0.5, 0.6) is 0 Å². The van der Waals surface area contributed by atoms with Crippen LogP contribution >= 0.6 is 0 Å². The van der Waals surface area contributed by atoms with Gasteiger partial charge < -0.3 is 9.88 Å². The van der Waals surface area contributed by atoms with Crippen LogP contribution in [0, 0.1) is 0 Å². The fraction of sp³-hybridized carbons (Fsp3) is 0.579. The molecule has 6 heteroatoms. The Balaban J connectivity index is 1.41. The van der Waals surface area contributed by atoms with E-state index in [1.54, 1.807) is 6.20 Å². The van der Waals surface area contributed by atoms with Crippen LogP contribution in [0.25, 0.3) is 0 Å². The first-order chi connectivity index (χ1) is 12.2. The van der Waals surface area contributed by atoms with E-state index in [-0.39, 0.29) is 5.91 Å². The van der Waals surface area contributed by atoms with Crippen molar-refractivity contribution in [3.63, 3.8) is 0 Å². The molecule has 1 atom stereocenters. The topological polar surface area (TPSA) is 55.1 Å². The summed E-state index contributed by atoms with van der Waals surface area (Å²) in [6.07, 6.45) is 10.9. The van der Waals surface area contributed by atoms with Crippen molar-refractivity contribution in [2.24, 2.45) is 7.05 Å². The first-order valence-corrected chi connectivity index (χ1v) is 9.41. The number of amides is 1. The molecule has 2 aromatic rings. The smallest absolute Gasteiger partial charge is 0.239 e. The molecule has 1 N–H and O–H groups in total. The van der Waals surface area contributed by atoms with E-state index in [4.69, 9.17) is 0 Å². The fourth-order valence-corrected chi connectivity index (χ4v) is 4.39. The van der Waals surface area contributed by atoms with Crippen LogP contribution in [0.1, 0.15) is 56.3 Å². The number of aromatic nitrogens is 3. The predicted molar refractivity (Wildman–Crippen MR) is 97.3 cm³/mol. The molecule has 2 aromatic heterocycles. The second kappa shape index (κ2) is 7.04. The molecule has 0 aromatic carbocycles. The zero-order chi connectivity index (χ0) is 17.2. The Hall–Kier alpha value is -2.08. The maximum Gasteiger partial charge on any atom is 0.239 e. The van der Waals surface area contributed by atoms with Gasteiger partial charge in [-0.3, -0.25) is 9.69 Å². The molecular weight excluding hydrogens is 314 g/mol. The Morgan fingerprint density at radius 2 is 2.08 bits per heavy atom. The number of nitrogens with zero attached hydrogens (tertiary/aromatic N) is 4. The van der Waals surface area contributed by atoms with E-state index < -0.39 is 0 Å². The first-order valence-electron chi connectivity index (χ1n) is 9.41. The monoisotopic (exact) mass is 341 g/mol. The van der Waals surface area contributed by atoms with Crippen LogP contribution in [-0.2, 0) is 11.8 Å². The summed E-state index contributed by atoms with van der Waals surface area (Å²) in [6, 6.07) is 6.93. The Kier molecular flexibility index (Phi) is 4.61. The quantitative estimate of drug-likeness (QED) is 0.909. The zero-order valence-corrected chi connectivity index (χ0v) is 14.9. The maximum atomic E-state index is 12.6. The Labute approximate surface area is 148 Å². The molecule has 134 valence electrons. The fourth-order valence-electron chi connectivity index (χ4n) is 4.39. The van der Waals surface area contributed by atoms with Gasteiger partial charge in [0.05, 0.1) is 24.8 Å². The van der Waals surface area contributed by atoms with Crippen molar-refractivity contribution >= 4 is 11.7 Å². The summed E-state index contributed by atoms with van der Waals surface area (Å²) in [6.45, 7) is 1.41. The van der Waals surface area contributed by atoms with Crippen molar-refractivity contribution in [2.45, 2.75) is 50.6 Å². The van der Waals surface area contributed by atoms with Crippen LogP contribution in [0.4, 0.5) is 5.82 Å². The third-order valence-corrected chi connectivity index (χ3v) is 5.64. The summed E-state index contributed by atoms with van der Waals surface area (Å²) in [4.78, 5) is 14.9. The predicted octanol–water partition coefficient (Wildman–Crippen LogP) is 3.11. The minimum absolute atomic E-state index is 0.0563. The average Bonchev–Trinajstić information content (AvgIpc) is 3.33. The molecule has 1 aliphatic heterocycles. The highest BCUT2D eigenvalue weighted by Gasteiger charge is 2.29. The molecule has 1 saturated heterocycles. The number of hydrogen-bond donors (Lipinski definition) is 1. The molecule has 2 fully saturated rings. The molecule has 25 heavy (non-hydrogen) atoms. The number of anilines is 1. The number of carbonyl (C=O) groups excluding carboxylic acids is 1. The normalized spacial score (nSPS) is 21.9. The lowest BCUT2D eigenvalue weighted by Crippen LogP contribution is -2.34. The minimum atomic E-state index is 0.0563. The SMILES string of the molecule is Cn1cccc1C1CCCN1CC(=O)Nc1ccnn1C1CCCC1. The van der Waals surface area contributed by atoms with E-state index in [1.807, 2.05) is 10.7 Å². The Bertz CT molecular complexity index is 728. The largest absolute Gasteiger partial charge is 0.353 e. The number of hydrogen-bond acceptors (Lipinski definition) is 3. The van der Waals surface area contributed by atoms with E-state index in [1.165, 1.54) is 18.5 Å². The molecule has 1 saturated carbocycles. The van der Waals surface area contributed by atoms with Gasteiger partial charge in [-0.05, 0) is 44.4 Å². The molecule has 1 unspecified atom stereocenters. The minimum Gasteiger partial charge on any atom is -0.353 e. The van der Waals surface area contributed by atoms with Crippen molar-refractivity contribution < 1.29 is 4.79 Å². The molecule has 3 heterocycles. The van der Waals surface area contributed by atoms with Crippen LogP contribution in [-0.4, -0.2) is 38.2 Å². The summed E-state index contributed by atoms with van der Waals surface area (Å²) in [5.74, 6) is 0.896. The molecule has 0 spiro atoms. The third-order valence-electron chi connectivity index (χ3n) is 5.64. The first kappa shape index (κ1) is 16.4. The number of aryl methyl sites for hydroxylation is 1. The third kappa shape index (κ3) is 3.35. The highest BCUT2D eigenvalue weighted by atomic mass is 16.2. The van der Waals surface area contributed by atoms with Gasteiger partial charge in [0.15, 0.2) is 0 Å². The Morgan fingerprint density at radius 3 is 2.84 bits per heavy atom. The van der Waals surface area contributed by atoms with Gasteiger partial charge in [-0.15, -0.1) is 0 Å². The summed E-state index contributed by atoms with van der Waals surface area (Å²) in [5.41, 5.74) is 1.29. The zero-order valence-electron chi connectivity index (χ0n) is 14.9. The van der Waals surface area contributed by atoms with Gasteiger partial charge in [0.1, 0.15) is 5.82 Å². The van der Waals surface area contributed by atoms with Gasteiger partial charge in [0.25, 0.3) is 0 Å². The van der Waals surface area contributed by atoms with Crippen LogP contribution in [0.2, 0.25) is 0 Å². The van der Waals surface area contributed by atoms with Gasteiger partial charge in [-0.25, -0.2) is 4.68 Å². The van der Waals surface area contributed by atoms with Crippen molar-refractivity contribution in [1.82, 2.24) is 19.2 Å². The highest BCUT2D eigenvalue weighted by molar-refractivity contribution is 5.91. The number of rotatable bonds is 5. The number of likely N-dealkylation sites (tertiary alicyclic amines) is 1. The van der Waals surface area contributed by atoms with Crippen molar-refractivity contribution in [2.75, 3.05) is 18.4 Å². The van der Waals surface area contributed by atoms with E-state index in [0.717, 1.165) is 38.0 Å². The molecule has 4 rings (SSSR count). The maximum absolute atomic E-state index is 12.6. The van der Waals surface area contributed by atoms with Gasteiger partial charge in [0.2, 0.25) is 5.91 Å². The van der Waals surface area contributed by atoms with E-state index in [9.17, 15) is 4.79 Å². The summed E-state index contributed by atoms with van der Waals surface area (Å²) >= 11 is 0. The van der Waals surface area contributed by atoms with E-state index in [2.05, 4.69) is 45.3 Å². The van der Waals surface area contributed by atoms with Crippen molar-refractivity contribution in [3.8, 4) is 0 Å². The second-order valence-electron chi connectivity index (χ2n) is 7.32. The lowest BCUT2D eigenvalue weighted by Gasteiger charge is -2.24. The van der Waals surface area contributed by atoms with Gasteiger partial charge in [-0.1, -0.05) is 12.8 Å². The van der Waals surface area contributed by atoms with E-state index >= 15 is 0 Å². The molecule has 0 radical (unpaired) electrons. The summed E-state index contributed by atoms with van der Waals surface area (Å²) in [7, 11) is 2.08. The lowest BCUT2D eigenvalue weighted by atomic mass is 10.1. The van der Waals surface area contributed by atoms with Crippen LogP contribution < -0.4 is 5.32 Å². The van der Waals surface area contributed by atoms with Crippen molar-refractivity contribution in [3.05, 3.63) is 36.3 Å². The highest BCUT2D eigenvalue weighted by Crippen LogP contribution is 2.32. The lowest BCUT2D eigenvalue weighted by molar-refractivity contribution is -0.117. The van der Waals surface area contributed by atoms with Gasteiger partial charge >= 0.3 is 0 Å². The van der Waals surface area contributed by atoms with E-state index in [0.29, 0.717) is 18.6 Å². The molecule has 1 amide bonds. The summed E-state index contributed by atoms with van der Waals surface area (Å²) in [5, 5.41) is 7.52. The van der Waals surface area contributed by atoms with Gasteiger partial charge in [-0.2, -0.15) is 5.10 Å². The summed E-state index contributed by atoms with van der Waals surface area (Å²) < 4.78 is 4.17. The molecule has 0 bridgehead atoms. The number of carbonyl (C=O) groups is 1. The molecular formula is C19H27N5O. The average molecular weight is 341 g/mol.